The quantitative estimate of drug-likeness (QED) is 0.839. The molecule has 0 aliphatic carbocycles. The van der Waals surface area contributed by atoms with E-state index in [1.54, 1.807) is 0 Å². The number of aryl methyl sites for hydroxylation is 1. The SMILES string of the molecule is CCCc1cccc(C(NCC)C2CCC(C)O2)c1. The van der Waals surface area contributed by atoms with E-state index in [9.17, 15) is 0 Å². The van der Waals surface area contributed by atoms with Gasteiger partial charge in [-0.15, -0.1) is 0 Å². The van der Waals surface area contributed by atoms with Crippen LogP contribution in [0.5, 0.6) is 0 Å². The second-order valence-electron chi connectivity index (χ2n) is 5.59. The topological polar surface area (TPSA) is 21.3 Å². The second-order valence-corrected chi connectivity index (χ2v) is 5.59. The number of ether oxygens (including phenoxy) is 1. The van der Waals surface area contributed by atoms with Gasteiger partial charge in [0.15, 0.2) is 0 Å². The van der Waals surface area contributed by atoms with Crippen molar-refractivity contribution >= 4 is 0 Å². The molecule has 1 heterocycles. The van der Waals surface area contributed by atoms with E-state index in [0.29, 0.717) is 18.2 Å². The van der Waals surface area contributed by atoms with Gasteiger partial charge in [0, 0.05) is 0 Å². The maximum absolute atomic E-state index is 6.07. The number of hydrogen-bond acceptors (Lipinski definition) is 2. The molecule has 2 nitrogen and oxygen atoms in total. The van der Waals surface area contributed by atoms with Crippen LogP contribution in [0.2, 0.25) is 0 Å². The highest BCUT2D eigenvalue weighted by Crippen LogP contribution is 2.30. The summed E-state index contributed by atoms with van der Waals surface area (Å²) >= 11 is 0. The van der Waals surface area contributed by atoms with E-state index >= 15 is 0 Å². The Morgan fingerprint density at radius 2 is 2.16 bits per heavy atom. The van der Waals surface area contributed by atoms with Gasteiger partial charge in [0.1, 0.15) is 0 Å². The van der Waals surface area contributed by atoms with Crippen molar-refractivity contribution in [1.29, 1.82) is 0 Å². The van der Waals surface area contributed by atoms with E-state index in [1.807, 2.05) is 0 Å². The van der Waals surface area contributed by atoms with E-state index in [-0.39, 0.29) is 0 Å². The summed E-state index contributed by atoms with van der Waals surface area (Å²) < 4.78 is 6.07. The number of nitrogens with one attached hydrogen (secondary N) is 1. The molecule has 3 unspecified atom stereocenters. The van der Waals surface area contributed by atoms with Crippen molar-refractivity contribution in [3.63, 3.8) is 0 Å². The lowest BCUT2D eigenvalue weighted by Gasteiger charge is -2.25. The normalized spacial score (nSPS) is 24.6. The van der Waals surface area contributed by atoms with Crippen LogP contribution in [0.25, 0.3) is 0 Å². The largest absolute Gasteiger partial charge is 0.373 e. The van der Waals surface area contributed by atoms with Gasteiger partial charge in [-0.2, -0.15) is 0 Å². The molecule has 106 valence electrons. The van der Waals surface area contributed by atoms with E-state index < -0.39 is 0 Å². The molecule has 2 rings (SSSR count). The molecule has 2 heteroatoms. The lowest BCUT2D eigenvalue weighted by Crippen LogP contribution is -2.32. The van der Waals surface area contributed by atoms with Gasteiger partial charge in [0.05, 0.1) is 18.2 Å². The van der Waals surface area contributed by atoms with Crippen molar-refractivity contribution in [2.45, 2.75) is 64.7 Å². The molecule has 3 atom stereocenters. The van der Waals surface area contributed by atoms with Crippen molar-refractivity contribution in [1.82, 2.24) is 5.32 Å². The summed E-state index contributed by atoms with van der Waals surface area (Å²) in [5.41, 5.74) is 2.82. The summed E-state index contributed by atoms with van der Waals surface area (Å²) in [5.74, 6) is 0. The summed E-state index contributed by atoms with van der Waals surface area (Å²) in [4.78, 5) is 0. The molecule has 19 heavy (non-hydrogen) atoms. The zero-order valence-corrected chi connectivity index (χ0v) is 12.5. The highest BCUT2D eigenvalue weighted by molar-refractivity contribution is 5.27. The third kappa shape index (κ3) is 3.80. The van der Waals surface area contributed by atoms with Gasteiger partial charge < -0.3 is 10.1 Å². The zero-order chi connectivity index (χ0) is 13.7. The van der Waals surface area contributed by atoms with Crippen molar-refractivity contribution in [2.24, 2.45) is 0 Å². The van der Waals surface area contributed by atoms with Gasteiger partial charge in [-0.3, -0.25) is 0 Å². The summed E-state index contributed by atoms with van der Waals surface area (Å²) in [5, 5.41) is 3.61. The zero-order valence-electron chi connectivity index (χ0n) is 12.5. The minimum Gasteiger partial charge on any atom is -0.373 e. The van der Waals surface area contributed by atoms with Crippen LogP contribution in [-0.4, -0.2) is 18.8 Å². The summed E-state index contributed by atoms with van der Waals surface area (Å²) in [7, 11) is 0. The average Bonchev–Trinajstić information content (AvgIpc) is 2.83. The monoisotopic (exact) mass is 261 g/mol. The van der Waals surface area contributed by atoms with Crippen LogP contribution in [-0.2, 0) is 11.2 Å². The molecule has 0 bridgehead atoms. The fraction of sp³-hybridized carbons (Fsp3) is 0.647. The van der Waals surface area contributed by atoms with E-state index in [2.05, 4.69) is 50.4 Å². The maximum Gasteiger partial charge on any atom is 0.0774 e. The fourth-order valence-electron chi connectivity index (χ4n) is 2.99. The van der Waals surface area contributed by atoms with Crippen LogP contribution < -0.4 is 5.32 Å². The molecule has 0 radical (unpaired) electrons. The molecule has 0 amide bonds. The highest BCUT2D eigenvalue weighted by Gasteiger charge is 2.30. The third-order valence-corrected chi connectivity index (χ3v) is 3.91. The molecule has 1 saturated heterocycles. The van der Waals surface area contributed by atoms with E-state index in [4.69, 9.17) is 4.74 Å². The standard InChI is InChI=1S/C17H27NO/c1-4-7-14-8-6-9-15(12-14)17(18-5-2)16-11-10-13(3)19-16/h6,8-9,12-13,16-18H,4-5,7,10-11H2,1-3H3. The summed E-state index contributed by atoms with van der Waals surface area (Å²) in [6.07, 6.45) is 5.44. The molecule has 1 fully saturated rings. The first-order valence-corrected chi connectivity index (χ1v) is 7.72. The summed E-state index contributed by atoms with van der Waals surface area (Å²) in [6, 6.07) is 9.34. The van der Waals surface area contributed by atoms with E-state index in [1.165, 1.54) is 24.0 Å². The molecule has 1 aliphatic rings. The van der Waals surface area contributed by atoms with Crippen LogP contribution in [0.3, 0.4) is 0 Å². The lowest BCUT2D eigenvalue weighted by molar-refractivity contribution is 0.0319. The number of likely N-dealkylation sites (N-methyl/N-ethyl adjacent to an activating group) is 1. The maximum atomic E-state index is 6.07. The van der Waals surface area contributed by atoms with Crippen molar-refractivity contribution in [3.8, 4) is 0 Å². The Labute approximate surface area is 117 Å². The molecule has 0 aromatic heterocycles. The van der Waals surface area contributed by atoms with Gasteiger partial charge in [-0.1, -0.05) is 44.5 Å². The van der Waals surface area contributed by atoms with Crippen LogP contribution in [0.15, 0.2) is 24.3 Å². The smallest absolute Gasteiger partial charge is 0.0774 e. The van der Waals surface area contributed by atoms with Crippen molar-refractivity contribution < 1.29 is 4.74 Å². The van der Waals surface area contributed by atoms with Gasteiger partial charge >= 0.3 is 0 Å². The predicted octanol–water partition coefficient (Wildman–Crippen LogP) is 3.86. The minimum atomic E-state index is 0.326. The first-order chi connectivity index (χ1) is 9.24. The third-order valence-electron chi connectivity index (χ3n) is 3.91. The Kier molecular flexibility index (Phi) is 5.41. The Bertz CT molecular complexity index is 391. The Hall–Kier alpha value is -0.860. The number of rotatable bonds is 6. The molecule has 0 saturated carbocycles. The van der Waals surface area contributed by atoms with Gasteiger partial charge in [-0.05, 0) is 43.9 Å². The lowest BCUT2D eigenvalue weighted by atomic mass is 9.96. The first kappa shape index (κ1) is 14.5. The molecular weight excluding hydrogens is 234 g/mol. The summed E-state index contributed by atoms with van der Waals surface area (Å²) in [6.45, 7) is 7.56. The minimum absolute atomic E-state index is 0.326. The molecular formula is C17H27NO. The second kappa shape index (κ2) is 7.06. The van der Waals surface area contributed by atoms with Crippen LogP contribution in [0.1, 0.15) is 57.2 Å². The molecule has 1 N–H and O–H groups in total. The average molecular weight is 261 g/mol. The molecule has 1 aliphatic heterocycles. The molecule has 1 aromatic carbocycles. The molecule has 0 spiro atoms. The van der Waals surface area contributed by atoms with E-state index in [0.717, 1.165) is 19.4 Å². The van der Waals surface area contributed by atoms with Crippen molar-refractivity contribution in [3.05, 3.63) is 35.4 Å². The van der Waals surface area contributed by atoms with Crippen molar-refractivity contribution in [2.75, 3.05) is 6.54 Å². The highest BCUT2D eigenvalue weighted by atomic mass is 16.5. The Balaban J connectivity index is 2.15. The van der Waals surface area contributed by atoms with Gasteiger partial charge in [-0.25, -0.2) is 0 Å². The number of hydrogen-bond donors (Lipinski definition) is 1. The Morgan fingerprint density at radius 3 is 2.79 bits per heavy atom. The van der Waals surface area contributed by atoms with Gasteiger partial charge in [0.25, 0.3) is 0 Å². The van der Waals surface area contributed by atoms with Gasteiger partial charge in [0.2, 0.25) is 0 Å². The Morgan fingerprint density at radius 1 is 1.32 bits per heavy atom. The fourth-order valence-corrected chi connectivity index (χ4v) is 2.99. The molecule has 1 aromatic rings. The van der Waals surface area contributed by atoms with Crippen LogP contribution in [0.4, 0.5) is 0 Å². The predicted molar refractivity (Wildman–Crippen MR) is 80.4 cm³/mol. The number of benzene rings is 1. The first-order valence-electron chi connectivity index (χ1n) is 7.72. The van der Waals surface area contributed by atoms with Crippen LogP contribution in [0, 0.1) is 0 Å². The van der Waals surface area contributed by atoms with Crippen LogP contribution >= 0.6 is 0 Å².